The Morgan fingerprint density at radius 1 is 1.55 bits per heavy atom. The first-order chi connectivity index (χ1) is 9.31. The standard InChI is InChI=1S/C11H16ClN3O4S/c1-4-20(17,18)11-13-5-8(12)9(15-11)10(16)14-7(2)6-19-3/h5,7H,4,6H2,1-3H3,(H,14,16). The molecule has 7 nitrogen and oxygen atoms in total. The van der Waals surface area contributed by atoms with Gasteiger partial charge < -0.3 is 10.1 Å². The van der Waals surface area contributed by atoms with Gasteiger partial charge in [-0.05, 0) is 6.92 Å². The number of hydrogen-bond acceptors (Lipinski definition) is 6. The van der Waals surface area contributed by atoms with Gasteiger partial charge in [-0.25, -0.2) is 18.4 Å². The number of halogens is 1. The van der Waals surface area contributed by atoms with Crippen LogP contribution in [0.3, 0.4) is 0 Å². The summed E-state index contributed by atoms with van der Waals surface area (Å²) in [4.78, 5) is 19.4. The third-order valence-electron chi connectivity index (χ3n) is 2.39. The monoisotopic (exact) mass is 321 g/mol. The zero-order valence-electron chi connectivity index (χ0n) is 11.4. The molecule has 1 unspecified atom stereocenters. The average molecular weight is 322 g/mol. The minimum atomic E-state index is -3.60. The summed E-state index contributed by atoms with van der Waals surface area (Å²) < 4.78 is 28.3. The molecule has 1 N–H and O–H groups in total. The molecule has 1 amide bonds. The van der Waals surface area contributed by atoms with Crippen molar-refractivity contribution < 1.29 is 17.9 Å². The second-order valence-electron chi connectivity index (χ2n) is 4.08. The largest absolute Gasteiger partial charge is 0.383 e. The number of nitrogens with zero attached hydrogens (tertiary/aromatic N) is 2. The second kappa shape index (κ2) is 6.96. The van der Waals surface area contributed by atoms with Crippen molar-refractivity contribution in [3.05, 3.63) is 16.9 Å². The molecule has 1 aromatic rings. The van der Waals surface area contributed by atoms with Crippen LogP contribution in [-0.2, 0) is 14.6 Å². The molecule has 1 heterocycles. The molecule has 1 aromatic heterocycles. The molecule has 9 heteroatoms. The van der Waals surface area contributed by atoms with Crippen LogP contribution in [0.1, 0.15) is 24.3 Å². The fraction of sp³-hybridized carbons (Fsp3) is 0.545. The van der Waals surface area contributed by atoms with Crippen LogP contribution < -0.4 is 5.32 Å². The minimum Gasteiger partial charge on any atom is -0.383 e. The van der Waals surface area contributed by atoms with Crippen molar-refractivity contribution in [1.29, 1.82) is 0 Å². The number of ether oxygens (including phenoxy) is 1. The molecule has 0 saturated heterocycles. The van der Waals surface area contributed by atoms with Gasteiger partial charge in [0.05, 0.1) is 23.6 Å². The Balaban J connectivity index is 3.06. The van der Waals surface area contributed by atoms with E-state index in [1.165, 1.54) is 14.0 Å². The van der Waals surface area contributed by atoms with E-state index in [0.29, 0.717) is 6.61 Å². The smallest absolute Gasteiger partial charge is 0.271 e. The van der Waals surface area contributed by atoms with Crippen LogP contribution in [-0.4, -0.2) is 49.8 Å². The highest BCUT2D eigenvalue weighted by Gasteiger charge is 2.21. The molecule has 0 radical (unpaired) electrons. The molecular weight excluding hydrogens is 306 g/mol. The Hall–Kier alpha value is -1.25. The summed E-state index contributed by atoms with van der Waals surface area (Å²) in [5, 5.41) is 2.18. The van der Waals surface area contributed by atoms with Gasteiger partial charge in [-0.2, -0.15) is 0 Å². The first-order valence-electron chi connectivity index (χ1n) is 5.87. The maximum absolute atomic E-state index is 12.0. The van der Waals surface area contributed by atoms with E-state index in [4.69, 9.17) is 16.3 Å². The van der Waals surface area contributed by atoms with Gasteiger partial charge in [0.2, 0.25) is 15.0 Å². The molecular formula is C11H16ClN3O4S. The Morgan fingerprint density at radius 3 is 2.75 bits per heavy atom. The molecule has 20 heavy (non-hydrogen) atoms. The normalized spacial score (nSPS) is 13.0. The van der Waals surface area contributed by atoms with E-state index in [2.05, 4.69) is 15.3 Å². The quantitative estimate of drug-likeness (QED) is 0.774. The molecule has 1 rings (SSSR count). The van der Waals surface area contributed by atoms with E-state index in [1.807, 2.05) is 0 Å². The number of methoxy groups -OCH3 is 1. The van der Waals surface area contributed by atoms with Crippen molar-refractivity contribution in [2.24, 2.45) is 0 Å². The summed E-state index contributed by atoms with van der Waals surface area (Å²) in [6.45, 7) is 3.52. The number of carbonyl (C=O) groups is 1. The Labute approximate surface area is 122 Å². The number of aromatic nitrogens is 2. The highest BCUT2D eigenvalue weighted by molar-refractivity contribution is 7.91. The fourth-order valence-electron chi connectivity index (χ4n) is 1.37. The van der Waals surface area contributed by atoms with Gasteiger partial charge in [0.15, 0.2) is 5.69 Å². The molecule has 0 aliphatic heterocycles. The lowest BCUT2D eigenvalue weighted by molar-refractivity contribution is 0.0900. The van der Waals surface area contributed by atoms with Crippen LogP contribution >= 0.6 is 11.6 Å². The minimum absolute atomic E-state index is 0.0119. The van der Waals surface area contributed by atoms with Gasteiger partial charge in [0, 0.05) is 13.2 Å². The van der Waals surface area contributed by atoms with E-state index in [-0.39, 0.29) is 22.5 Å². The molecule has 0 fully saturated rings. The Morgan fingerprint density at radius 2 is 2.20 bits per heavy atom. The van der Waals surface area contributed by atoms with E-state index < -0.39 is 20.9 Å². The van der Waals surface area contributed by atoms with Crippen LogP contribution in [0.4, 0.5) is 0 Å². The summed E-state index contributed by atoms with van der Waals surface area (Å²) in [6, 6.07) is -0.259. The summed E-state index contributed by atoms with van der Waals surface area (Å²) in [6.07, 6.45) is 1.10. The van der Waals surface area contributed by atoms with Gasteiger partial charge >= 0.3 is 0 Å². The van der Waals surface area contributed by atoms with E-state index in [1.54, 1.807) is 6.92 Å². The van der Waals surface area contributed by atoms with Gasteiger partial charge in [0.1, 0.15) is 0 Å². The molecule has 1 atom stereocenters. The molecule has 0 aromatic carbocycles. The lowest BCUT2D eigenvalue weighted by atomic mass is 10.3. The van der Waals surface area contributed by atoms with Crippen molar-refractivity contribution in [1.82, 2.24) is 15.3 Å². The number of rotatable bonds is 6. The van der Waals surface area contributed by atoms with Gasteiger partial charge in [-0.15, -0.1) is 0 Å². The SMILES string of the molecule is CCS(=O)(=O)c1ncc(Cl)c(C(=O)NC(C)COC)n1. The molecule has 112 valence electrons. The topological polar surface area (TPSA) is 98.2 Å². The van der Waals surface area contributed by atoms with Crippen molar-refractivity contribution >= 4 is 27.3 Å². The average Bonchev–Trinajstić information content (AvgIpc) is 2.39. The molecule has 0 spiro atoms. The first kappa shape index (κ1) is 16.8. The highest BCUT2D eigenvalue weighted by Crippen LogP contribution is 2.15. The number of amides is 1. The fourth-order valence-corrected chi connectivity index (χ4v) is 2.25. The number of sulfone groups is 1. The molecule has 0 aliphatic carbocycles. The van der Waals surface area contributed by atoms with Crippen LogP contribution in [0.2, 0.25) is 5.02 Å². The van der Waals surface area contributed by atoms with E-state index in [0.717, 1.165) is 6.20 Å². The number of nitrogens with one attached hydrogen (secondary N) is 1. The van der Waals surface area contributed by atoms with Crippen LogP contribution in [0.25, 0.3) is 0 Å². The highest BCUT2D eigenvalue weighted by atomic mass is 35.5. The van der Waals surface area contributed by atoms with Crippen LogP contribution in [0, 0.1) is 0 Å². The molecule has 0 bridgehead atoms. The van der Waals surface area contributed by atoms with Gasteiger partial charge in [0.25, 0.3) is 5.91 Å². The zero-order chi connectivity index (χ0) is 15.3. The van der Waals surface area contributed by atoms with Crippen LogP contribution in [0.15, 0.2) is 11.4 Å². The van der Waals surface area contributed by atoms with Crippen molar-refractivity contribution in [2.75, 3.05) is 19.5 Å². The number of hydrogen-bond donors (Lipinski definition) is 1. The lowest BCUT2D eigenvalue weighted by Gasteiger charge is -2.13. The summed E-state index contributed by atoms with van der Waals surface area (Å²) in [5.74, 6) is -0.732. The van der Waals surface area contributed by atoms with Gasteiger partial charge in [-0.1, -0.05) is 18.5 Å². The third-order valence-corrected chi connectivity index (χ3v) is 4.18. The zero-order valence-corrected chi connectivity index (χ0v) is 13.0. The Bertz CT molecular complexity index is 591. The van der Waals surface area contributed by atoms with Gasteiger partial charge in [-0.3, -0.25) is 4.79 Å². The van der Waals surface area contributed by atoms with Crippen molar-refractivity contribution in [2.45, 2.75) is 25.0 Å². The summed E-state index contributed by atoms with van der Waals surface area (Å²) >= 11 is 5.83. The van der Waals surface area contributed by atoms with Crippen molar-refractivity contribution in [3.8, 4) is 0 Å². The predicted octanol–water partition coefficient (Wildman–Crippen LogP) is 0.688. The number of carbonyl (C=O) groups excluding carboxylic acids is 1. The summed E-state index contributed by atoms with van der Waals surface area (Å²) in [7, 11) is -2.09. The molecule has 0 aliphatic rings. The van der Waals surface area contributed by atoms with Crippen LogP contribution in [0.5, 0.6) is 0 Å². The predicted molar refractivity (Wildman–Crippen MR) is 73.6 cm³/mol. The molecule has 0 saturated carbocycles. The third kappa shape index (κ3) is 4.12. The Kier molecular flexibility index (Phi) is 5.85. The van der Waals surface area contributed by atoms with E-state index >= 15 is 0 Å². The lowest BCUT2D eigenvalue weighted by Crippen LogP contribution is -2.36. The second-order valence-corrected chi connectivity index (χ2v) is 6.66. The van der Waals surface area contributed by atoms with Crippen molar-refractivity contribution in [3.63, 3.8) is 0 Å². The maximum Gasteiger partial charge on any atom is 0.271 e. The first-order valence-corrected chi connectivity index (χ1v) is 7.90. The van der Waals surface area contributed by atoms with E-state index in [9.17, 15) is 13.2 Å². The maximum atomic E-state index is 12.0. The summed E-state index contributed by atoms with van der Waals surface area (Å²) in [5.41, 5.74) is -0.170.